The fourth-order valence-electron chi connectivity index (χ4n) is 1.45. The molecule has 1 aromatic carbocycles. The third-order valence-corrected chi connectivity index (χ3v) is 3.11. The van der Waals surface area contributed by atoms with Gasteiger partial charge in [0.05, 0.1) is 15.7 Å². The average molecular weight is 314 g/mol. The Hall–Kier alpha value is -1.85. The Morgan fingerprint density at radius 3 is 2.45 bits per heavy atom. The summed E-state index contributed by atoms with van der Waals surface area (Å²) in [7, 11) is 0. The molecule has 0 aliphatic heterocycles. The summed E-state index contributed by atoms with van der Waals surface area (Å²) in [5.41, 5.74) is 0.999. The number of nitrogens with one attached hydrogen (secondary N) is 2. The van der Waals surface area contributed by atoms with E-state index in [9.17, 15) is 9.18 Å². The number of amides is 2. The standard InChI is InChI=1S/C13H10Cl2FN3O/c1-7-10(14)6-11(15)12(17-7)19-13(20)18-9-4-2-8(16)3-5-9/h2-6H,1H3,(H2,17,18,19,20). The van der Waals surface area contributed by atoms with Crippen molar-refractivity contribution in [2.45, 2.75) is 6.92 Å². The predicted octanol–water partition coefficient (Wildman–Crippen LogP) is 4.48. The van der Waals surface area contributed by atoms with E-state index in [2.05, 4.69) is 15.6 Å². The largest absolute Gasteiger partial charge is 0.324 e. The lowest BCUT2D eigenvalue weighted by Gasteiger charge is -2.09. The van der Waals surface area contributed by atoms with Crippen molar-refractivity contribution in [2.75, 3.05) is 10.6 Å². The van der Waals surface area contributed by atoms with Gasteiger partial charge in [0.1, 0.15) is 5.82 Å². The number of pyridine rings is 1. The monoisotopic (exact) mass is 313 g/mol. The Kier molecular flexibility index (Phi) is 4.42. The van der Waals surface area contributed by atoms with Gasteiger partial charge >= 0.3 is 6.03 Å². The number of hydrogen-bond acceptors (Lipinski definition) is 2. The first-order chi connectivity index (χ1) is 9.45. The van der Waals surface area contributed by atoms with E-state index in [1.165, 1.54) is 30.3 Å². The molecule has 0 fully saturated rings. The number of aryl methyl sites for hydroxylation is 1. The topological polar surface area (TPSA) is 54.0 Å². The molecule has 104 valence electrons. The maximum Gasteiger partial charge on any atom is 0.324 e. The van der Waals surface area contributed by atoms with E-state index in [4.69, 9.17) is 23.2 Å². The summed E-state index contributed by atoms with van der Waals surface area (Å²) < 4.78 is 12.7. The minimum atomic E-state index is -0.535. The first-order valence-corrected chi connectivity index (χ1v) is 6.37. The fraction of sp³-hybridized carbons (Fsp3) is 0.0769. The molecule has 20 heavy (non-hydrogen) atoms. The summed E-state index contributed by atoms with van der Waals surface area (Å²) in [4.78, 5) is 15.8. The summed E-state index contributed by atoms with van der Waals surface area (Å²) in [5.74, 6) is -0.179. The molecule has 4 nitrogen and oxygen atoms in total. The van der Waals surface area contributed by atoms with Gasteiger partial charge in [-0.25, -0.2) is 14.2 Å². The van der Waals surface area contributed by atoms with Crippen molar-refractivity contribution >= 4 is 40.7 Å². The summed E-state index contributed by atoms with van der Waals surface area (Å²) in [6, 6.07) is 6.33. The molecule has 0 aliphatic carbocycles. The molecule has 2 amide bonds. The maximum absolute atomic E-state index is 12.7. The Bertz CT molecular complexity index is 647. The van der Waals surface area contributed by atoms with Gasteiger partial charge in [0, 0.05) is 5.69 Å². The zero-order valence-electron chi connectivity index (χ0n) is 10.4. The van der Waals surface area contributed by atoms with Crippen molar-refractivity contribution in [3.05, 3.63) is 51.9 Å². The van der Waals surface area contributed by atoms with Crippen LogP contribution in [0.25, 0.3) is 0 Å². The molecular weight excluding hydrogens is 304 g/mol. The van der Waals surface area contributed by atoms with Crippen LogP contribution in [0.4, 0.5) is 20.7 Å². The molecule has 0 saturated heterocycles. The SMILES string of the molecule is Cc1nc(NC(=O)Nc2ccc(F)cc2)c(Cl)cc1Cl. The fourth-order valence-corrected chi connectivity index (χ4v) is 1.86. The van der Waals surface area contributed by atoms with E-state index in [1.54, 1.807) is 6.92 Å². The van der Waals surface area contributed by atoms with Gasteiger partial charge in [-0.05, 0) is 37.3 Å². The highest BCUT2D eigenvalue weighted by atomic mass is 35.5. The van der Waals surface area contributed by atoms with Crippen LogP contribution in [0.5, 0.6) is 0 Å². The van der Waals surface area contributed by atoms with Gasteiger partial charge in [-0.1, -0.05) is 23.2 Å². The second-order valence-corrected chi connectivity index (χ2v) is 4.79. The highest BCUT2D eigenvalue weighted by molar-refractivity contribution is 6.36. The van der Waals surface area contributed by atoms with Gasteiger partial charge in [0.2, 0.25) is 0 Å². The molecule has 0 radical (unpaired) electrons. The van der Waals surface area contributed by atoms with Crippen LogP contribution in [-0.4, -0.2) is 11.0 Å². The predicted molar refractivity (Wildman–Crippen MR) is 78.0 cm³/mol. The Labute approximate surface area is 124 Å². The highest BCUT2D eigenvalue weighted by Gasteiger charge is 2.10. The highest BCUT2D eigenvalue weighted by Crippen LogP contribution is 2.25. The molecule has 0 atom stereocenters. The minimum absolute atomic E-state index is 0.202. The van der Waals surface area contributed by atoms with E-state index in [-0.39, 0.29) is 16.7 Å². The number of halogens is 3. The number of aromatic nitrogens is 1. The molecular formula is C13H10Cl2FN3O. The molecule has 1 aromatic heterocycles. The van der Waals surface area contributed by atoms with Crippen LogP contribution in [0.3, 0.4) is 0 Å². The molecule has 0 unspecified atom stereocenters. The number of carbonyl (C=O) groups is 1. The van der Waals surface area contributed by atoms with Crippen LogP contribution in [0, 0.1) is 12.7 Å². The van der Waals surface area contributed by atoms with E-state index in [1.807, 2.05) is 0 Å². The van der Waals surface area contributed by atoms with E-state index < -0.39 is 6.03 Å². The third-order valence-electron chi connectivity index (χ3n) is 2.44. The lowest BCUT2D eigenvalue weighted by Crippen LogP contribution is -2.20. The van der Waals surface area contributed by atoms with Crippen molar-refractivity contribution < 1.29 is 9.18 Å². The zero-order chi connectivity index (χ0) is 14.7. The molecule has 7 heteroatoms. The van der Waals surface area contributed by atoms with Crippen molar-refractivity contribution in [3.8, 4) is 0 Å². The number of nitrogens with zero attached hydrogens (tertiary/aromatic N) is 1. The first-order valence-electron chi connectivity index (χ1n) is 5.62. The van der Waals surface area contributed by atoms with Gasteiger partial charge in [-0.2, -0.15) is 0 Å². The van der Waals surface area contributed by atoms with Gasteiger partial charge in [0.25, 0.3) is 0 Å². The number of carbonyl (C=O) groups excluding carboxylic acids is 1. The van der Waals surface area contributed by atoms with Crippen LogP contribution in [-0.2, 0) is 0 Å². The summed E-state index contributed by atoms with van der Waals surface area (Å²) >= 11 is 11.8. The molecule has 0 aliphatic rings. The van der Waals surface area contributed by atoms with Crippen molar-refractivity contribution in [1.29, 1.82) is 0 Å². The normalized spacial score (nSPS) is 10.2. The lowest BCUT2D eigenvalue weighted by molar-refractivity contribution is 0.262. The number of hydrogen-bond donors (Lipinski definition) is 2. The summed E-state index contributed by atoms with van der Waals surface area (Å²) in [6.45, 7) is 1.70. The molecule has 2 aromatic rings. The first kappa shape index (κ1) is 14.6. The number of benzene rings is 1. The van der Waals surface area contributed by atoms with Crippen molar-refractivity contribution in [2.24, 2.45) is 0 Å². The number of urea groups is 1. The lowest BCUT2D eigenvalue weighted by atomic mass is 10.3. The third kappa shape index (κ3) is 3.59. The molecule has 0 bridgehead atoms. The molecule has 2 rings (SSSR count). The van der Waals surface area contributed by atoms with Crippen LogP contribution in [0.15, 0.2) is 30.3 Å². The average Bonchev–Trinajstić information content (AvgIpc) is 2.39. The van der Waals surface area contributed by atoms with Crippen LogP contribution in [0.1, 0.15) is 5.69 Å². The molecule has 1 heterocycles. The van der Waals surface area contributed by atoms with E-state index >= 15 is 0 Å². The van der Waals surface area contributed by atoms with Crippen LogP contribution >= 0.6 is 23.2 Å². The number of rotatable bonds is 2. The van der Waals surface area contributed by atoms with Gasteiger partial charge in [-0.3, -0.25) is 5.32 Å². The zero-order valence-corrected chi connectivity index (χ0v) is 11.9. The number of anilines is 2. The molecule has 0 saturated carbocycles. The summed E-state index contributed by atoms with van der Waals surface area (Å²) in [6.07, 6.45) is 0. The van der Waals surface area contributed by atoms with Crippen LogP contribution in [0.2, 0.25) is 10.0 Å². The maximum atomic E-state index is 12.7. The van der Waals surface area contributed by atoms with Crippen LogP contribution < -0.4 is 10.6 Å². The quantitative estimate of drug-likeness (QED) is 0.858. The van der Waals surface area contributed by atoms with E-state index in [0.717, 1.165) is 0 Å². The Morgan fingerprint density at radius 2 is 1.80 bits per heavy atom. The second kappa shape index (κ2) is 6.07. The van der Waals surface area contributed by atoms with Crippen molar-refractivity contribution in [3.63, 3.8) is 0 Å². The molecule has 2 N–H and O–H groups in total. The van der Waals surface area contributed by atoms with Gasteiger partial charge in [-0.15, -0.1) is 0 Å². The Morgan fingerprint density at radius 1 is 1.15 bits per heavy atom. The Balaban J connectivity index is 2.08. The molecule has 0 spiro atoms. The minimum Gasteiger partial charge on any atom is -0.308 e. The van der Waals surface area contributed by atoms with Crippen molar-refractivity contribution in [1.82, 2.24) is 4.98 Å². The summed E-state index contributed by atoms with van der Waals surface area (Å²) in [5, 5.41) is 5.67. The second-order valence-electron chi connectivity index (χ2n) is 3.97. The van der Waals surface area contributed by atoms with E-state index in [0.29, 0.717) is 16.4 Å². The van der Waals surface area contributed by atoms with Gasteiger partial charge < -0.3 is 5.32 Å². The van der Waals surface area contributed by atoms with Gasteiger partial charge in [0.15, 0.2) is 5.82 Å². The smallest absolute Gasteiger partial charge is 0.308 e.